The van der Waals surface area contributed by atoms with Crippen LogP contribution in [-0.4, -0.2) is 75.5 Å². The molecule has 0 aromatic heterocycles. The first-order valence-electron chi connectivity index (χ1n) is 18.5. The van der Waals surface area contributed by atoms with Crippen molar-refractivity contribution in [3.8, 4) is 0 Å². The molecule has 45 heavy (non-hydrogen) atoms. The molecule has 0 amide bonds. The number of likely N-dealkylation sites (N-methyl/N-ethyl adjacent to an activating group) is 1. The Balaban J connectivity index is 3.73. The summed E-state index contributed by atoms with van der Waals surface area (Å²) in [7, 11) is 5.36. The van der Waals surface area contributed by atoms with E-state index in [9.17, 15) is 19.5 Å². The number of hydrogen-bond acceptors (Lipinski definition) is 7. The molecule has 2 unspecified atom stereocenters. The molecule has 0 heterocycles. The second-order valence-electron chi connectivity index (χ2n) is 13.9. The number of aliphatic carboxylic acids is 1. The normalized spacial score (nSPS) is 13.0. The average molecular weight is 642 g/mol. The maximum Gasteiger partial charge on any atom is 0.306 e. The lowest BCUT2D eigenvalue weighted by Crippen LogP contribution is -2.55. The van der Waals surface area contributed by atoms with Gasteiger partial charge in [-0.3, -0.25) is 9.59 Å². The van der Waals surface area contributed by atoms with E-state index >= 15 is 0 Å². The number of esters is 2. The summed E-state index contributed by atoms with van der Waals surface area (Å²) >= 11 is 0. The number of carboxylic acid groups (broad SMARTS) is 1. The lowest BCUT2D eigenvalue weighted by molar-refractivity contribution is -0.889. The largest absolute Gasteiger partial charge is 0.544 e. The molecule has 0 aliphatic heterocycles. The summed E-state index contributed by atoms with van der Waals surface area (Å²) in [4.78, 5) is 35.0. The van der Waals surface area contributed by atoms with E-state index in [0.29, 0.717) is 6.42 Å². The van der Waals surface area contributed by atoms with Crippen LogP contribution in [0.5, 0.6) is 0 Å². The van der Waals surface area contributed by atoms with Crippen molar-refractivity contribution in [2.75, 3.05) is 41.0 Å². The van der Waals surface area contributed by atoms with Crippen molar-refractivity contribution < 1.29 is 38.2 Å². The van der Waals surface area contributed by atoms with Crippen LogP contribution in [0.3, 0.4) is 0 Å². The van der Waals surface area contributed by atoms with Crippen LogP contribution in [0, 0.1) is 0 Å². The molecule has 0 saturated carbocycles. The van der Waals surface area contributed by atoms with E-state index < -0.39 is 24.1 Å². The fourth-order valence-corrected chi connectivity index (χ4v) is 5.68. The van der Waals surface area contributed by atoms with E-state index in [4.69, 9.17) is 14.2 Å². The Morgan fingerprint density at radius 2 is 1.02 bits per heavy atom. The smallest absolute Gasteiger partial charge is 0.306 e. The maximum atomic E-state index is 12.4. The summed E-state index contributed by atoms with van der Waals surface area (Å²) in [5, 5.41) is 11.4. The Hall–Kier alpha value is -1.67. The standard InChI is InChI=1S/C37H71NO7/c1-6-7-8-9-10-11-12-13-14-15-16-17-18-19-20-21-22-23-24-25-26-27-28-36(40)45-34(32-44-33(2)39)31-43-30-29-35(37(41)42)38(3,4)5/h34-35H,6-32H2,1-5H3. The van der Waals surface area contributed by atoms with Crippen molar-refractivity contribution in [3.63, 3.8) is 0 Å². The zero-order chi connectivity index (χ0) is 33.6. The Kier molecular flexibility index (Phi) is 28.6. The van der Waals surface area contributed by atoms with Gasteiger partial charge < -0.3 is 28.6 Å². The SMILES string of the molecule is CCCCCCCCCCCCCCCCCCCCCCCCC(=O)OC(COCCC(C(=O)[O-])[N+](C)(C)C)COC(C)=O. The number of nitrogens with zero attached hydrogens (tertiary/aromatic N) is 1. The molecule has 266 valence electrons. The van der Waals surface area contributed by atoms with Crippen LogP contribution >= 0.6 is 0 Å². The van der Waals surface area contributed by atoms with Gasteiger partial charge in [-0.1, -0.05) is 142 Å². The van der Waals surface area contributed by atoms with Crippen LogP contribution in [0.4, 0.5) is 0 Å². The van der Waals surface area contributed by atoms with Crippen LogP contribution < -0.4 is 5.11 Å². The minimum Gasteiger partial charge on any atom is -0.544 e. The number of carbonyl (C=O) groups is 3. The van der Waals surface area contributed by atoms with Gasteiger partial charge in [0.25, 0.3) is 0 Å². The van der Waals surface area contributed by atoms with Crippen molar-refractivity contribution in [1.82, 2.24) is 0 Å². The number of hydrogen-bond donors (Lipinski definition) is 0. The first-order valence-corrected chi connectivity index (χ1v) is 18.5. The number of carbonyl (C=O) groups excluding carboxylic acids is 3. The minimum absolute atomic E-state index is 0.0370. The average Bonchev–Trinajstić information content (AvgIpc) is 2.97. The number of unbranched alkanes of at least 4 members (excludes halogenated alkanes) is 21. The van der Waals surface area contributed by atoms with Gasteiger partial charge in [0, 0.05) is 19.8 Å². The summed E-state index contributed by atoms with van der Waals surface area (Å²) in [6.45, 7) is 3.70. The molecular weight excluding hydrogens is 570 g/mol. The highest BCUT2D eigenvalue weighted by Crippen LogP contribution is 2.16. The van der Waals surface area contributed by atoms with Gasteiger partial charge in [-0.05, 0) is 6.42 Å². The fourth-order valence-electron chi connectivity index (χ4n) is 5.68. The van der Waals surface area contributed by atoms with E-state index in [-0.39, 0.29) is 36.7 Å². The monoisotopic (exact) mass is 642 g/mol. The number of carboxylic acids is 1. The van der Waals surface area contributed by atoms with E-state index in [1.165, 1.54) is 129 Å². The van der Waals surface area contributed by atoms with Crippen molar-refractivity contribution >= 4 is 17.9 Å². The van der Waals surface area contributed by atoms with Crippen LogP contribution in [0.2, 0.25) is 0 Å². The van der Waals surface area contributed by atoms with E-state index in [1.807, 2.05) is 0 Å². The second-order valence-corrected chi connectivity index (χ2v) is 13.9. The highest BCUT2D eigenvalue weighted by atomic mass is 16.6. The summed E-state index contributed by atoms with van der Waals surface area (Å²) in [6, 6.07) is -0.714. The third-order valence-electron chi connectivity index (χ3n) is 8.55. The van der Waals surface area contributed by atoms with E-state index in [1.54, 1.807) is 21.1 Å². The topological polar surface area (TPSA) is 102 Å². The fraction of sp³-hybridized carbons (Fsp3) is 0.919. The molecule has 0 aromatic rings. The van der Waals surface area contributed by atoms with Crippen LogP contribution in [0.25, 0.3) is 0 Å². The van der Waals surface area contributed by atoms with Crippen molar-refractivity contribution in [2.24, 2.45) is 0 Å². The molecule has 0 aliphatic carbocycles. The van der Waals surface area contributed by atoms with Gasteiger partial charge in [0.1, 0.15) is 12.6 Å². The zero-order valence-corrected chi connectivity index (χ0v) is 30.1. The first kappa shape index (κ1) is 43.3. The van der Waals surface area contributed by atoms with Gasteiger partial charge >= 0.3 is 11.9 Å². The minimum atomic E-state index is -1.13. The zero-order valence-electron chi connectivity index (χ0n) is 30.1. The Bertz CT molecular complexity index is 722. The number of ether oxygens (including phenoxy) is 3. The lowest BCUT2D eigenvalue weighted by Gasteiger charge is -2.34. The molecule has 0 saturated heterocycles. The first-order chi connectivity index (χ1) is 21.6. The van der Waals surface area contributed by atoms with E-state index in [2.05, 4.69) is 6.92 Å². The molecule has 8 nitrogen and oxygen atoms in total. The van der Waals surface area contributed by atoms with Gasteiger partial charge in [0.05, 0.1) is 40.3 Å². The van der Waals surface area contributed by atoms with Crippen molar-refractivity contribution in [2.45, 2.75) is 180 Å². The second kappa shape index (κ2) is 29.7. The molecular formula is C37H71NO7. The molecule has 0 fully saturated rings. The lowest BCUT2D eigenvalue weighted by atomic mass is 10.0. The predicted octanol–water partition coefficient (Wildman–Crippen LogP) is 7.68. The van der Waals surface area contributed by atoms with Crippen molar-refractivity contribution in [1.29, 1.82) is 0 Å². The van der Waals surface area contributed by atoms with Crippen LogP contribution in [0.1, 0.15) is 168 Å². The number of rotatable bonds is 33. The summed E-state index contributed by atoms with van der Waals surface area (Å²) in [5.41, 5.74) is 0. The Morgan fingerprint density at radius 3 is 1.38 bits per heavy atom. The van der Waals surface area contributed by atoms with Gasteiger partial charge in [0.2, 0.25) is 0 Å². The molecule has 0 radical (unpaired) electrons. The highest BCUT2D eigenvalue weighted by molar-refractivity contribution is 5.70. The highest BCUT2D eigenvalue weighted by Gasteiger charge is 2.25. The van der Waals surface area contributed by atoms with Crippen LogP contribution in [-0.2, 0) is 28.6 Å². The molecule has 0 spiro atoms. The third-order valence-corrected chi connectivity index (χ3v) is 8.55. The van der Waals surface area contributed by atoms with Gasteiger partial charge in [-0.25, -0.2) is 0 Å². The molecule has 0 bridgehead atoms. The molecule has 0 aliphatic rings. The van der Waals surface area contributed by atoms with Gasteiger partial charge in [0.15, 0.2) is 6.10 Å². The van der Waals surface area contributed by atoms with Crippen LogP contribution in [0.15, 0.2) is 0 Å². The summed E-state index contributed by atoms with van der Waals surface area (Å²) < 4.78 is 16.3. The predicted molar refractivity (Wildman–Crippen MR) is 181 cm³/mol. The Labute approximate surface area is 276 Å². The molecule has 8 heteroatoms. The van der Waals surface area contributed by atoms with E-state index in [0.717, 1.165) is 19.3 Å². The summed E-state index contributed by atoms with van der Waals surface area (Å²) in [6.07, 6.45) is 29.0. The maximum absolute atomic E-state index is 12.4. The molecule has 0 N–H and O–H groups in total. The third kappa shape index (κ3) is 29.5. The molecule has 2 atom stereocenters. The van der Waals surface area contributed by atoms with Gasteiger partial charge in [-0.2, -0.15) is 0 Å². The quantitative estimate of drug-likeness (QED) is 0.0411. The molecule has 0 rings (SSSR count). The molecule has 0 aromatic carbocycles. The van der Waals surface area contributed by atoms with Crippen molar-refractivity contribution in [3.05, 3.63) is 0 Å². The van der Waals surface area contributed by atoms with Gasteiger partial charge in [-0.15, -0.1) is 0 Å². The summed E-state index contributed by atoms with van der Waals surface area (Å²) in [5.74, 6) is -1.92. The number of quaternary nitrogens is 1. The Morgan fingerprint density at radius 1 is 0.622 bits per heavy atom.